The Morgan fingerprint density at radius 1 is 1.19 bits per heavy atom. The molecule has 0 unspecified atom stereocenters. The van der Waals surface area contributed by atoms with Gasteiger partial charge in [-0.3, -0.25) is 4.84 Å². The number of thioether (sulfide) groups is 1. The van der Waals surface area contributed by atoms with Crippen molar-refractivity contribution in [1.82, 2.24) is 10.1 Å². The average Bonchev–Trinajstić information content (AvgIpc) is 3.24. The number of carbonyl (C=O) groups excluding carboxylic acids is 1. The standard InChI is InChI=1S/C20H22F2N4O2S.C2HF3O2/c1-25(28-2)19(27)26-20(11-6-12-23,14-7-4-3-5-8-14)29-18(24-26)16-13-15(21)9-10-17(16)22;3-2(4,5)1(6)7/h3-5,7-10,13H,6,11-12,23H2,1-2H3;(H,6,7)/t20-;/m0./s1. The normalized spacial score (nSPS) is 17.2. The fourth-order valence-corrected chi connectivity index (χ4v) is 4.51. The van der Waals surface area contributed by atoms with Gasteiger partial charge in [-0.1, -0.05) is 42.1 Å². The number of urea groups is 1. The minimum Gasteiger partial charge on any atom is -0.475 e. The summed E-state index contributed by atoms with van der Waals surface area (Å²) in [5.41, 5.74) is 6.54. The van der Waals surface area contributed by atoms with E-state index in [4.69, 9.17) is 20.5 Å². The lowest BCUT2D eigenvalue weighted by Gasteiger charge is -2.37. The van der Waals surface area contributed by atoms with E-state index >= 15 is 0 Å². The number of nitrogens with zero attached hydrogens (tertiary/aromatic N) is 3. The summed E-state index contributed by atoms with van der Waals surface area (Å²) in [7, 11) is 2.82. The second-order valence-electron chi connectivity index (χ2n) is 7.25. The van der Waals surface area contributed by atoms with Crippen LogP contribution in [0.4, 0.5) is 26.7 Å². The maximum Gasteiger partial charge on any atom is 0.490 e. The second-order valence-corrected chi connectivity index (χ2v) is 8.52. The van der Waals surface area contributed by atoms with E-state index in [1.807, 2.05) is 30.3 Å². The van der Waals surface area contributed by atoms with Crippen molar-refractivity contribution in [1.29, 1.82) is 0 Å². The van der Waals surface area contributed by atoms with E-state index in [2.05, 4.69) is 5.10 Å². The van der Waals surface area contributed by atoms with Gasteiger partial charge in [0.05, 0.1) is 7.11 Å². The minimum atomic E-state index is -5.08. The zero-order valence-corrected chi connectivity index (χ0v) is 19.9. The Hall–Kier alpha value is -3.23. The van der Waals surface area contributed by atoms with Gasteiger partial charge in [-0.05, 0) is 43.1 Å². The zero-order chi connectivity index (χ0) is 27.1. The number of hydrazone groups is 1. The molecular weight excluding hydrogens is 511 g/mol. The summed E-state index contributed by atoms with van der Waals surface area (Å²) in [6.07, 6.45) is -4.03. The maximum atomic E-state index is 14.5. The van der Waals surface area contributed by atoms with Crippen LogP contribution < -0.4 is 5.73 Å². The van der Waals surface area contributed by atoms with Crippen LogP contribution in [0.1, 0.15) is 24.0 Å². The Labute approximate surface area is 207 Å². The molecule has 0 radical (unpaired) electrons. The number of halogens is 5. The number of nitrogens with two attached hydrogens (primary N) is 1. The van der Waals surface area contributed by atoms with Crippen molar-refractivity contribution in [3.63, 3.8) is 0 Å². The molecule has 3 N–H and O–H groups in total. The molecule has 196 valence electrons. The summed E-state index contributed by atoms with van der Waals surface area (Å²) in [4.78, 5) is 26.0. The largest absolute Gasteiger partial charge is 0.490 e. The fraction of sp³-hybridized carbons (Fsp3) is 0.318. The van der Waals surface area contributed by atoms with E-state index < -0.39 is 34.7 Å². The molecule has 1 aliphatic heterocycles. The Balaban J connectivity index is 0.000000572. The first-order chi connectivity index (χ1) is 16.9. The number of benzene rings is 2. The first-order valence-corrected chi connectivity index (χ1v) is 11.1. The monoisotopic (exact) mass is 534 g/mol. The van der Waals surface area contributed by atoms with Crippen LogP contribution in [-0.2, 0) is 14.5 Å². The number of hydroxylamine groups is 2. The highest BCUT2D eigenvalue weighted by Gasteiger charge is 2.49. The minimum absolute atomic E-state index is 0.00146. The number of aliphatic carboxylic acids is 1. The summed E-state index contributed by atoms with van der Waals surface area (Å²) < 4.78 is 60.0. The van der Waals surface area contributed by atoms with Gasteiger partial charge in [0.2, 0.25) is 0 Å². The molecule has 0 fully saturated rings. The molecule has 0 aliphatic carbocycles. The fourth-order valence-electron chi connectivity index (χ4n) is 3.10. The highest BCUT2D eigenvalue weighted by molar-refractivity contribution is 8.15. The van der Waals surface area contributed by atoms with Crippen LogP contribution in [-0.4, -0.2) is 59.1 Å². The predicted molar refractivity (Wildman–Crippen MR) is 123 cm³/mol. The number of alkyl halides is 3. The molecule has 14 heteroatoms. The van der Waals surface area contributed by atoms with Gasteiger partial charge in [-0.2, -0.15) is 23.3 Å². The van der Waals surface area contributed by atoms with Crippen LogP contribution in [0.2, 0.25) is 0 Å². The molecule has 0 saturated carbocycles. The van der Waals surface area contributed by atoms with Crippen molar-refractivity contribution in [2.75, 3.05) is 20.7 Å². The van der Waals surface area contributed by atoms with E-state index in [-0.39, 0.29) is 10.6 Å². The quantitative estimate of drug-likeness (QED) is 0.417. The Bertz CT molecular complexity index is 1100. The maximum absolute atomic E-state index is 14.5. The summed E-state index contributed by atoms with van der Waals surface area (Å²) in [6, 6.07) is 11.9. The van der Waals surface area contributed by atoms with Gasteiger partial charge < -0.3 is 10.8 Å². The SMILES string of the molecule is CON(C)C(=O)N1N=C(c2cc(F)ccc2F)S[C@@]1(CCCN)c1ccccc1.O=C(O)C(F)(F)F. The smallest absolute Gasteiger partial charge is 0.475 e. The molecule has 2 aromatic carbocycles. The molecular formula is C22H23F5N4O4S. The summed E-state index contributed by atoms with van der Waals surface area (Å²) in [6.45, 7) is 0.404. The Morgan fingerprint density at radius 2 is 1.81 bits per heavy atom. The molecule has 8 nitrogen and oxygen atoms in total. The molecule has 2 amide bonds. The molecule has 2 aromatic rings. The van der Waals surface area contributed by atoms with Crippen LogP contribution >= 0.6 is 11.8 Å². The molecule has 1 atom stereocenters. The van der Waals surface area contributed by atoms with Gasteiger partial charge in [0.25, 0.3) is 0 Å². The lowest BCUT2D eigenvalue weighted by Crippen LogP contribution is -2.47. The van der Waals surface area contributed by atoms with Gasteiger partial charge in [0.15, 0.2) is 0 Å². The highest BCUT2D eigenvalue weighted by atomic mass is 32.2. The molecule has 1 heterocycles. The van der Waals surface area contributed by atoms with Crippen molar-refractivity contribution in [2.45, 2.75) is 23.9 Å². The molecule has 0 saturated heterocycles. The van der Waals surface area contributed by atoms with Crippen molar-refractivity contribution < 1.29 is 41.5 Å². The first-order valence-electron chi connectivity index (χ1n) is 10.3. The van der Waals surface area contributed by atoms with Gasteiger partial charge in [-0.25, -0.2) is 23.4 Å². The van der Waals surface area contributed by atoms with Crippen LogP contribution in [0.5, 0.6) is 0 Å². The zero-order valence-electron chi connectivity index (χ0n) is 19.1. The van der Waals surface area contributed by atoms with Gasteiger partial charge in [0, 0.05) is 12.6 Å². The average molecular weight is 535 g/mol. The number of rotatable bonds is 6. The lowest BCUT2D eigenvalue weighted by atomic mass is 10.0. The summed E-state index contributed by atoms with van der Waals surface area (Å²) in [5, 5.41) is 14.0. The van der Waals surface area contributed by atoms with Gasteiger partial charge in [0.1, 0.15) is 21.5 Å². The van der Waals surface area contributed by atoms with Crippen LogP contribution in [0.25, 0.3) is 0 Å². The topological polar surface area (TPSA) is 108 Å². The Kier molecular flexibility index (Phi) is 9.78. The van der Waals surface area contributed by atoms with Crippen LogP contribution in [0.15, 0.2) is 53.6 Å². The first kappa shape index (κ1) is 29.0. The van der Waals surface area contributed by atoms with E-state index in [0.29, 0.717) is 19.4 Å². The van der Waals surface area contributed by atoms with Gasteiger partial charge in [-0.15, -0.1) is 0 Å². The van der Waals surface area contributed by atoms with Crippen LogP contribution in [0.3, 0.4) is 0 Å². The van der Waals surface area contributed by atoms with Crippen molar-refractivity contribution >= 4 is 28.8 Å². The lowest BCUT2D eigenvalue weighted by molar-refractivity contribution is -0.192. The van der Waals surface area contributed by atoms with Crippen LogP contribution in [0, 0.1) is 11.6 Å². The Morgan fingerprint density at radius 3 is 2.33 bits per heavy atom. The number of carbonyl (C=O) groups is 2. The summed E-state index contributed by atoms with van der Waals surface area (Å²) >= 11 is 1.20. The molecule has 0 aromatic heterocycles. The number of hydrogen-bond donors (Lipinski definition) is 2. The summed E-state index contributed by atoms with van der Waals surface area (Å²) in [5.74, 6) is -3.96. The van der Waals surface area contributed by atoms with Crippen molar-refractivity contribution in [3.05, 3.63) is 71.3 Å². The molecule has 1 aliphatic rings. The third kappa shape index (κ3) is 6.71. The van der Waals surface area contributed by atoms with Crippen molar-refractivity contribution in [3.8, 4) is 0 Å². The number of carboxylic acid groups (broad SMARTS) is 1. The van der Waals surface area contributed by atoms with E-state index in [1.165, 1.54) is 30.9 Å². The molecule has 0 spiro atoms. The molecule has 3 rings (SSSR count). The third-order valence-electron chi connectivity index (χ3n) is 4.87. The predicted octanol–water partition coefficient (Wildman–Crippen LogP) is 4.51. The second kappa shape index (κ2) is 12.1. The van der Waals surface area contributed by atoms with Gasteiger partial charge >= 0.3 is 18.2 Å². The molecule has 36 heavy (non-hydrogen) atoms. The van der Waals surface area contributed by atoms with E-state index in [9.17, 15) is 26.7 Å². The third-order valence-corrected chi connectivity index (χ3v) is 6.31. The van der Waals surface area contributed by atoms with E-state index in [0.717, 1.165) is 28.8 Å². The van der Waals surface area contributed by atoms with Crippen molar-refractivity contribution in [2.24, 2.45) is 10.8 Å². The number of carboxylic acids is 1. The van der Waals surface area contributed by atoms with E-state index in [1.54, 1.807) is 0 Å². The highest BCUT2D eigenvalue weighted by Crippen LogP contribution is 2.50. The number of amides is 2. The molecule has 0 bridgehead atoms. The number of hydrogen-bond acceptors (Lipinski definition) is 6.